The summed E-state index contributed by atoms with van der Waals surface area (Å²) in [6.07, 6.45) is -1.40. The number of halogens is 2. The van der Waals surface area contributed by atoms with E-state index in [9.17, 15) is 13.6 Å². The SMILES string of the molecule is NCCC(F)(F)C[C@H](N)C(=O)O. The van der Waals surface area contributed by atoms with E-state index < -0.39 is 30.8 Å². The number of carboxylic acids is 1. The summed E-state index contributed by atoms with van der Waals surface area (Å²) in [5, 5.41) is 8.22. The maximum atomic E-state index is 12.6. The molecule has 0 aromatic carbocycles. The molecule has 72 valence electrons. The summed E-state index contributed by atoms with van der Waals surface area (Å²) in [4.78, 5) is 10.1. The number of aliphatic carboxylic acids is 1. The van der Waals surface area contributed by atoms with E-state index in [1.165, 1.54) is 0 Å². The molecule has 0 aliphatic heterocycles. The van der Waals surface area contributed by atoms with Crippen molar-refractivity contribution in [3.8, 4) is 0 Å². The lowest BCUT2D eigenvalue weighted by Crippen LogP contribution is -2.37. The van der Waals surface area contributed by atoms with E-state index in [1.54, 1.807) is 0 Å². The van der Waals surface area contributed by atoms with Crippen LogP contribution in [0.25, 0.3) is 0 Å². The highest BCUT2D eigenvalue weighted by atomic mass is 19.3. The van der Waals surface area contributed by atoms with Gasteiger partial charge in [0.15, 0.2) is 0 Å². The van der Waals surface area contributed by atoms with Crippen LogP contribution in [0, 0.1) is 0 Å². The van der Waals surface area contributed by atoms with E-state index in [2.05, 4.69) is 0 Å². The third kappa shape index (κ3) is 4.20. The molecular formula is C6H12F2N2O2. The van der Waals surface area contributed by atoms with E-state index in [-0.39, 0.29) is 6.54 Å². The molecule has 0 fully saturated rings. The summed E-state index contributed by atoms with van der Waals surface area (Å²) in [6.45, 7) is -0.181. The predicted octanol–water partition coefficient (Wildman–Crippen LogP) is -0.227. The van der Waals surface area contributed by atoms with Crippen LogP contribution < -0.4 is 11.5 Å². The zero-order valence-electron chi connectivity index (χ0n) is 6.46. The van der Waals surface area contributed by atoms with Crippen molar-refractivity contribution in [1.29, 1.82) is 0 Å². The smallest absolute Gasteiger partial charge is 0.320 e. The monoisotopic (exact) mass is 182 g/mol. The molecule has 0 radical (unpaired) electrons. The molecule has 12 heavy (non-hydrogen) atoms. The number of alkyl halides is 2. The summed E-state index contributed by atoms with van der Waals surface area (Å²) in [5.41, 5.74) is 9.81. The fourth-order valence-electron chi connectivity index (χ4n) is 0.722. The fraction of sp³-hybridized carbons (Fsp3) is 0.833. The minimum Gasteiger partial charge on any atom is -0.480 e. The van der Waals surface area contributed by atoms with Crippen molar-refractivity contribution >= 4 is 5.97 Å². The van der Waals surface area contributed by atoms with Gasteiger partial charge in [-0.3, -0.25) is 4.79 Å². The van der Waals surface area contributed by atoms with Gasteiger partial charge in [-0.15, -0.1) is 0 Å². The Morgan fingerprint density at radius 2 is 2.08 bits per heavy atom. The Bertz CT molecular complexity index is 164. The number of hydrogen-bond donors (Lipinski definition) is 3. The van der Waals surface area contributed by atoms with Crippen LogP contribution in [0.4, 0.5) is 8.78 Å². The van der Waals surface area contributed by atoms with E-state index in [0.717, 1.165) is 0 Å². The van der Waals surface area contributed by atoms with Gasteiger partial charge in [-0.05, 0) is 6.54 Å². The zero-order chi connectivity index (χ0) is 9.78. The van der Waals surface area contributed by atoms with Crippen LogP contribution in [0.15, 0.2) is 0 Å². The quantitative estimate of drug-likeness (QED) is 0.548. The molecule has 0 saturated heterocycles. The van der Waals surface area contributed by atoms with E-state index in [4.69, 9.17) is 16.6 Å². The third-order valence-electron chi connectivity index (χ3n) is 1.35. The van der Waals surface area contributed by atoms with Gasteiger partial charge in [0.1, 0.15) is 6.04 Å². The van der Waals surface area contributed by atoms with Crippen molar-refractivity contribution in [3.63, 3.8) is 0 Å². The Labute approximate surface area is 68.5 Å². The number of rotatable bonds is 5. The predicted molar refractivity (Wildman–Crippen MR) is 38.8 cm³/mol. The van der Waals surface area contributed by atoms with Crippen molar-refractivity contribution in [2.75, 3.05) is 6.54 Å². The minimum absolute atomic E-state index is 0.181. The van der Waals surface area contributed by atoms with Gasteiger partial charge < -0.3 is 16.6 Å². The highest BCUT2D eigenvalue weighted by molar-refractivity contribution is 5.73. The maximum absolute atomic E-state index is 12.6. The highest BCUT2D eigenvalue weighted by Gasteiger charge is 2.32. The van der Waals surface area contributed by atoms with Crippen LogP contribution in [0.3, 0.4) is 0 Å². The average Bonchev–Trinajstić information content (AvgIpc) is 1.85. The van der Waals surface area contributed by atoms with Crippen LogP contribution in [-0.4, -0.2) is 29.6 Å². The molecule has 0 heterocycles. The molecule has 5 N–H and O–H groups in total. The van der Waals surface area contributed by atoms with Gasteiger partial charge >= 0.3 is 5.97 Å². The molecule has 0 saturated carbocycles. The molecule has 1 atom stereocenters. The van der Waals surface area contributed by atoms with Gasteiger partial charge in [-0.25, -0.2) is 8.78 Å². The van der Waals surface area contributed by atoms with Crippen molar-refractivity contribution < 1.29 is 18.7 Å². The summed E-state index contributed by atoms with van der Waals surface area (Å²) >= 11 is 0. The van der Waals surface area contributed by atoms with E-state index in [1.807, 2.05) is 0 Å². The summed E-state index contributed by atoms with van der Waals surface area (Å²) in [6, 6.07) is -1.52. The van der Waals surface area contributed by atoms with E-state index >= 15 is 0 Å². The van der Waals surface area contributed by atoms with Crippen molar-refractivity contribution in [3.05, 3.63) is 0 Å². The maximum Gasteiger partial charge on any atom is 0.320 e. The van der Waals surface area contributed by atoms with Gasteiger partial charge in [0, 0.05) is 12.8 Å². The summed E-state index contributed by atoms with van der Waals surface area (Å²) in [7, 11) is 0. The Hall–Kier alpha value is -0.750. The average molecular weight is 182 g/mol. The van der Waals surface area contributed by atoms with Gasteiger partial charge in [0.2, 0.25) is 0 Å². The van der Waals surface area contributed by atoms with Crippen LogP contribution >= 0.6 is 0 Å². The van der Waals surface area contributed by atoms with Gasteiger partial charge in [-0.2, -0.15) is 0 Å². The topological polar surface area (TPSA) is 89.3 Å². The first-order valence-electron chi connectivity index (χ1n) is 3.45. The lowest BCUT2D eigenvalue weighted by atomic mass is 10.1. The number of nitrogens with two attached hydrogens (primary N) is 2. The van der Waals surface area contributed by atoms with E-state index in [0.29, 0.717) is 0 Å². The number of carbonyl (C=O) groups is 1. The Kier molecular flexibility index (Phi) is 4.05. The first-order chi connectivity index (χ1) is 5.39. The molecule has 0 aromatic rings. The molecule has 0 rings (SSSR count). The van der Waals surface area contributed by atoms with Crippen molar-refractivity contribution in [2.45, 2.75) is 24.8 Å². The standard InChI is InChI=1S/C6H12F2N2O2/c7-6(8,1-2-9)3-4(10)5(11)12/h4H,1-3,9-10H2,(H,11,12)/t4-/m0/s1. The second kappa shape index (κ2) is 4.32. The molecule has 0 aliphatic carbocycles. The van der Waals surface area contributed by atoms with Gasteiger partial charge in [-0.1, -0.05) is 0 Å². The molecule has 0 unspecified atom stereocenters. The van der Waals surface area contributed by atoms with Crippen LogP contribution in [0.5, 0.6) is 0 Å². The summed E-state index contributed by atoms with van der Waals surface area (Å²) < 4.78 is 25.2. The lowest BCUT2D eigenvalue weighted by Gasteiger charge is -2.17. The molecule has 0 bridgehead atoms. The second-order valence-corrected chi connectivity index (χ2v) is 2.54. The molecule has 0 amide bonds. The highest BCUT2D eigenvalue weighted by Crippen LogP contribution is 2.23. The van der Waals surface area contributed by atoms with Crippen molar-refractivity contribution in [1.82, 2.24) is 0 Å². The van der Waals surface area contributed by atoms with Gasteiger partial charge in [0.05, 0.1) is 0 Å². The van der Waals surface area contributed by atoms with Gasteiger partial charge in [0.25, 0.3) is 5.92 Å². The van der Waals surface area contributed by atoms with Crippen LogP contribution in [0.1, 0.15) is 12.8 Å². The Balaban J connectivity index is 3.95. The second-order valence-electron chi connectivity index (χ2n) is 2.54. The molecule has 0 spiro atoms. The lowest BCUT2D eigenvalue weighted by molar-refractivity contribution is -0.141. The van der Waals surface area contributed by atoms with Crippen LogP contribution in [-0.2, 0) is 4.79 Å². The Morgan fingerprint density at radius 3 is 2.42 bits per heavy atom. The Morgan fingerprint density at radius 1 is 1.58 bits per heavy atom. The first kappa shape index (κ1) is 11.2. The number of carboxylic acid groups (broad SMARTS) is 1. The molecule has 4 nitrogen and oxygen atoms in total. The normalized spacial score (nSPS) is 14.3. The largest absolute Gasteiger partial charge is 0.480 e. The molecule has 0 aromatic heterocycles. The third-order valence-corrected chi connectivity index (χ3v) is 1.35. The van der Waals surface area contributed by atoms with Crippen LogP contribution in [0.2, 0.25) is 0 Å². The van der Waals surface area contributed by atoms with Crippen molar-refractivity contribution in [2.24, 2.45) is 11.5 Å². The molecule has 0 aliphatic rings. The zero-order valence-corrected chi connectivity index (χ0v) is 6.46. The minimum atomic E-state index is -3.08. The summed E-state index contributed by atoms with van der Waals surface area (Å²) in [5.74, 6) is -4.50. The molecular weight excluding hydrogens is 170 g/mol. The number of hydrogen-bond acceptors (Lipinski definition) is 3. The fourth-order valence-corrected chi connectivity index (χ4v) is 0.722. The molecule has 6 heteroatoms. The first-order valence-corrected chi connectivity index (χ1v) is 3.45.